The van der Waals surface area contributed by atoms with Crippen LogP contribution in [0.1, 0.15) is 17.8 Å². The van der Waals surface area contributed by atoms with Gasteiger partial charge in [-0.05, 0) is 24.8 Å². The van der Waals surface area contributed by atoms with Gasteiger partial charge in [-0.15, -0.1) is 11.3 Å². The summed E-state index contributed by atoms with van der Waals surface area (Å²) in [6.07, 6.45) is 6.02. The molecular weight excluding hydrogens is 234 g/mol. The fraction of sp³-hybridized carbons (Fsp3) is 0.333. The molecule has 1 unspecified atom stereocenters. The van der Waals surface area contributed by atoms with Gasteiger partial charge in [0.2, 0.25) is 5.91 Å². The third-order valence-corrected chi connectivity index (χ3v) is 3.54. The molecule has 2 heterocycles. The van der Waals surface area contributed by atoms with E-state index in [4.69, 9.17) is 0 Å². The van der Waals surface area contributed by atoms with Gasteiger partial charge in [0.25, 0.3) is 0 Å². The van der Waals surface area contributed by atoms with Gasteiger partial charge in [-0.1, -0.05) is 6.07 Å². The largest absolute Gasteiger partial charge is 0.354 e. The average molecular weight is 249 g/mol. The fourth-order valence-corrected chi connectivity index (χ4v) is 2.25. The van der Waals surface area contributed by atoms with Crippen molar-refractivity contribution in [1.82, 2.24) is 14.9 Å². The Balaban J connectivity index is 1.77. The Hall–Kier alpha value is -1.62. The lowest BCUT2D eigenvalue weighted by molar-refractivity contribution is -0.123. The van der Waals surface area contributed by atoms with E-state index in [1.807, 2.05) is 18.4 Å². The van der Waals surface area contributed by atoms with Crippen LogP contribution in [0.5, 0.6) is 0 Å². The van der Waals surface area contributed by atoms with Crippen LogP contribution in [0.2, 0.25) is 0 Å². The van der Waals surface area contributed by atoms with Crippen molar-refractivity contribution in [2.45, 2.75) is 19.4 Å². The SMILES string of the molecule is CC(C(=O)NCCc1cccs1)n1ccnc1. The van der Waals surface area contributed by atoms with Crippen LogP contribution in [-0.4, -0.2) is 22.0 Å². The number of nitrogens with zero attached hydrogens (tertiary/aromatic N) is 2. The molecule has 2 aromatic rings. The van der Waals surface area contributed by atoms with Gasteiger partial charge in [-0.3, -0.25) is 4.79 Å². The highest BCUT2D eigenvalue weighted by Gasteiger charge is 2.13. The van der Waals surface area contributed by atoms with Crippen molar-refractivity contribution >= 4 is 17.2 Å². The van der Waals surface area contributed by atoms with Crippen molar-refractivity contribution in [1.29, 1.82) is 0 Å². The maximum absolute atomic E-state index is 11.8. The zero-order valence-electron chi connectivity index (χ0n) is 9.67. The molecule has 1 N–H and O–H groups in total. The number of imidazole rings is 1. The highest BCUT2D eigenvalue weighted by Crippen LogP contribution is 2.09. The summed E-state index contributed by atoms with van der Waals surface area (Å²) >= 11 is 1.71. The molecule has 0 aliphatic rings. The summed E-state index contributed by atoms with van der Waals surface area (Å²) in [5.74, 6) is 0.0274. The molecule has 0 aliphatic carbocycles. The molecule has 0 aromatic carbocycles. The minimum atomic E-state index is -0.208. The Morgan fingerprint density at radius 2 is 2.53 bits per heavy atom. The number of carbonyl (C=O) groups excluding carboxylic acids is 1. The second kappa shape index (κ2) is 5.63. The van der Waals surface area contributed by atoms with Gasteiger partial charge in [-0.2, -0.15) is 0 Å². The summed E-state index contributed by atoms with van der Waals surface area (Å²) in [7, 11) is 0. The normalized spacial score (nSPS) is 12.3. The first-order valence-corrected chi connectivity index (χ1v) is 6.43. The van der Waals surface area contributed by atoms with Crippen LogP contribution in [0.3, 0.4) is 0 Å². The Kier molecular flexibility index (Phi) is 3.93. The molecule has 0 fully saturated rings. The van der Waals surface area contributed by atoms with Crippen molar-refractivity contribution in [3.05, 3.63) is 41.1 Å². The van der Waals surface area contributed by atoms with E-state index < -0.39 is 0 Å². The quantitative estimate of drug-likeness (QED) is 0.879. The van der Waals surface area contributed by atoms with Crippen molar-refractivity contribution in [2.24, 2.45) is 0 Å². The van der Waals surface area contributed by atoms with Gasteiger partial charge in [-0.25, -0.2) is 4.98 Å². The van der Waals surface area contributed by atoms with E-state index in [0.29, 0.717) is 6.54 Å². The number of nitrogens with one attached hydrogen (secondary N) is 1. The number of thiophene rings is 1. The van der Waals surface area contributed by atoms with Gasteiger partial charge in [0, 0.05) is 23.8 Å². The highest BCUT2D eigenvalue weighted by atomic mass is 32.1. The summed E-state index contributed by atoms with van der Waals surface area (Å²) in [6.45, 7) is 2.54. The Morgan fingerprint density at radius 3 is 3.18 bits per heavy atom. The third kappa shape index (κ3) is 3.17. The number of carbonyl (C=O) groups is 1. The lowest BCUT2D eigenvalue weighted by atomic mass is 10.3. The molecule has 2 rings (SSSR count). The number of amides is 1. The number of hydrogen-bond acceptors (Lipinski definition) is 3. The zero-order valence-corrected chi connectivity index (χ0v) is 10.5. The maximum atomic E-state index is 11.8. The van der Waals surface area contributed by atoms with E-state index >= 15 is 0 Å². The molecule has 5 heteroatoms. The van der Waals surface area contributed by atoms with E-state index in [9.17, 15) is 4.79 Å². The van der Waals surface area contributed by atoms with Gasteiger partial charge in [0.05, 0.1) is 6.33 Å². The first kappa shape index (κ1) is 11.9. The molecule has 0 saturated heterocycles. The maximum Gasteiger partial charge on any atom is 0.242 e. The number of rotatable bonds is 5. The van der Waals surface area contributed by atoms with Gasteiger partial charge < -0.3 is 9.88 Å². The van der Waals surface area contributed by atoms with Crippen molar-refractivity contribution in [3.8, 4) is 0 Å². The summed E-state index contributed by atoms with van der Waals surface area (Å²) in [5, 5.41) is 4.97. The molecule has 0 spiro atoms. The van der Waals surface area contributed by atoms with Gasteiger partial charge in [0.15, 0.2) is 0 Å². The van der Waals surface area contributed by atoms with Crippen molar-refractivity contribution in [2.75, 3.05) is 6.54 Å². The van der Waals surface area contributed by atoms with Crippen LogP contribution in [0, 0.1) is 0 Å². The minimum Gasteiger partial charge on any atom is -0.354 e. The van der Waals surface area contributed by atoms with Gasteiger partial charge in [0.1, 0.15) is 6.04 Å². The van der Waals surface area contributed by atoms with E-state index in [-0.39, 0.29) is 11.9 Å². The van der Waals surface area contributed by atoms with E-state index in [0.717, 1.165) is 6.42 Å². The Bertz CT molecular complexity index is 450. The molecule has 0 bridgehead atoms. The summed E-state index contributed by atoms with van der Waals surface area (Å²) in [4.78, 5) is 17.0. The second-order valence-electron chi connectivity index (χ2n) is 3.81. The van der Waals surface area contributed by atoms with Crippen LogP contribution in [0.4, 0.5) is 0 Å². The van der Waals surface area contributed by atoms with Crippen LogP contribution >= 0.6 is 11.3 Å². The minimum absolute atomic E-state index is 0.0274. The number of hydrogen-bond donors (Lipinski definition) is 1. The molecular formula is C12H15N3OS. The van der Waals surface area contributed by atoms with Crippen LogP contribution in [-0.2, 0) is 11.2 Å². The molecule has 1 amide bonds. The number of aromatic nitrogens is 2. The Morgan fingerprint density at radius 1 is 1.65 bits per heavy atom. The first-order valence-electron chi connectivity index (χ1n) is 5.55. The fourth-order valence-electron chi connectivity index (χ4n) is 1.55. The lowest BCUT2D eigenvalue weighted by Gasteiger charge is -2.12. The molecule has 2 aromatic heterocycles. The molecule has 90 valence electrons. The van der Waals surface area contributed by atoms with Crippen molar-refractivity contribution < 1.29 is 4.79 Å². The predicted octanol–water partition coefficient (Wildman–Crippen LogP) is 1.86. The van der Waals surface area contributed by atoms with Crippen LogP contribution in [0.25, 0.3) is 0 Å². The molecule has 4 nitrogen and oxygen atoms in total. The first-order chi connectivity index (χ1) is 8.27. The summed E-state index contributed by atoms with van der Waals surface area (Å²) < 4.78 is 1.79. The molecule has 0 aliphatic heterocycles. The lowest BCUT2D eigenvalue weighted by Crippen LogP contribution is -2.31. The molecule has 0 radical (unpaired) electrons. The van der Waals surface area contributed by atoms with Crippen LogP contribution in [0.15, 0.2) is 36.2 Å². The molecule has 0 saturated carbocycles. The second-order valence-corrected chi connectivity index (χ2v) is 4.84. The monoisotopic (exact) mass is 249 g/mol. The van der Waals surface area contributed by atoms with Crippen molar-refractivity contribution in [3.63, 3.8) is 0 Å². The highest BCUT2D eigenvalue weighted by molar-refractivity contribution is 7.09. The summed E-state index contributed by atoms with van der Waals surface area (Å²) in [6, 6.07) is 3.90. The van der Waals surface area contributed by atoms with E-state index in [1.165, 1.54) is 4.88 Å². The molecule has 17 heavy (non-hydrogen) atoms. The van der Waals surface area contributed by atoms with E-state index in [1.54, 1.807) is 34.6 Å². The smallest absolute Gasteiger partial charge is 0.242 e. The standard InChI is InChI=1S/C12H15N3OS/c1-10(15-7-6-13-9-15)12(16)14-5-4-11-3-2-8-17-11/h2-3,6-10H,4-5H2,1H3,(H,14,16). The summed E-state index contributed by atoms with van der Waals surface area (Å²) in [5.41, 5.74) is 0. The zero-order chi connectivity index (χ0) is 12.1. The predicted molar refractivity (Wildman–Crippen MR) is 68.0 cm³/mol. The Labute approximate surface area is 104 Å². The van der Waals surface area contributed by atoms with E-state index in [2.05, 4.69) is 16.4 Å². The molecule has 1 atom stereocenters. The van der Waals surface area contributed by atoms with Crippen LogP contribution < -0.4 is 5.32 Å². The topological polar surface area (TPSA) is 46.9 Å². The third-order valence-electron chi connectivity index (χ3n) is 2.60. The van der Waals surface area contributed by atoms with Gasteiger partial charge >= 0.3 is 0 Å². The average Bonchev–Trinajstić information content (AvgIpc) is 3.00.